The fourth-order valence-electron chi connectivity index (χ4n) is 2.83. The molecule has 9 nitrogen and oxygen atoms in total. The summed E-state index contributed by atoms with van der Waals surface area (Å²) < 4.78 is 3.44. The lowest BCUT2D eigenvalue weighted by Gasteiger charge is -2.22. The number of halogens is 2. The molecule has 2 N–H and O–H groups in total. The van der Waals surface area contributed by atoms with Crippen LogP contribution in [0.15, 0.2) is 43.0 Å². The lowest BCUT2D eigenvalue weighted by Crippen LogP contribution is -2.29. The number of rotatable bonds is 4. The molecule has 0 unspecified atom stereocenters. The smallest absolute Gasteiger partial charge is 0.277 e. The quantitative estimate of drug-likeness (QED) is 0.680. The van der Waals surface area contributed by atoms with E-state index in [0.29, 0.717) is 23.2 Å². The molecular weight excluding hydrogens is 391 g/mol. The number of pyridine rings is 1. The minimum absolute atomic E-state index is 0. The van der Waals surface area contributed by atoms with Crippen LogP contribution in [0.2, 0.25) is 0 Å². The number of aromatic nitrogens is 6. The normalized spacial score (nSPS) is 14.1. The molecule has 27 heavy (non-hydrogen) atoms. The molecule has 1 saturated heterocycles. The minimum Gasteiger partial charge on any atom is -0.319 e. The molecule has 0 radical (unpaired) electrons. The zero-order valence-corrected chi connectivity index (χ0v) is 16.0. The summed E-state index contributed by atoms with van der Waals surface area (Å²) in [5.74, 6) is 0.383. The first-order chi connectivity index (χ1) is 12.3. The van der Waals surface area contributed by atoms with Gasteiger partial charge in [-0.25, -0.2) is 14.3 Å². The standard InChI is InChI=1S/C16H18N8O.2ClH/c25-16(14-11-24(22-21-14)13-4-7-17-8-5-13)20-12-2-3-15(18-10-12)23-9-1-6-19-23;;/h1-3,6,9-11,13,17H,4-5,7-8H2,(H,20,25);2*1H. The molecule has 1 fully saturated rings. The van der Waals surface area contributed by atoms with Crippen molar-refractivity contribution in [2.75, 3.05) is 18.4 Å². The average molecular weight is 411 g/mol. The fraction of sp³-hybridized carbons (Fsp3) is 0.312. The molecule has 0 aliphatic carbocycles. The Morgan fingerprint density at radius 1 is 1.22 bits per heavy atom. The molecule has 0 spiro atoms. The van der Waals surface area contributed by atoms with E-state index in [1.807, 2.05) is 6.07 Å². The van der Waals surface area contributed by atoms with Crippen molar-refractivity contribution >= 4 is 36.4 Å². The van der Waals surface area contributed by atoms with Crippen LogP contribution in [-0.4, -0.2) is 48.8 Å². The third kappa shape index (κ3) is 4.82. The lowest BCUT2D eigenvalue weighted by molar-refractivity contribution is 0.102. The molecule has 0 bridgehead atoms. The summed E-state index contributed by atoms with van der Waals surface area (Å²) in [7, 11) is 0. The molecular formula is C16H20Cl2N8O. The van der Waals surface area contributed by atoms with Gasteiger partial charge < -0.3 is 10.6 Å². The minimum atomic E-state index is -0.297. The van der Waals surface area contributed by atoms with Crippen LogP contribution in [0, 0.1) is 0 Å². The number of nitrogens with zero attached hydrogens (tertiary/aromatic N) is 6. The Labute approximate surface area is 168 Å². The molecule has 1 aliphatic heterocycles. The van der Waals surface area contributed by atoms with E-state index < -0.39 is 0 Å². The number of carbonyl (C=O) groups excluding carboxylic acids is 1. The highest BCUT2D eigenvalue weighted by Gasteiger charge is 2.18. The third-order valence-corrected chi connectivity index (χ3v) is 4.17. The van der Waals surface area contributed by atoms with Crippen LogP contribution in [-0.2, 0) is 0 Å². The third-order valence-electron chi connectivity index (χ3n) is 4.17. The van der Waals surface area contributed by atoms with Gasteiger partial charge >= 0.3 is 0 Å². The van der Waals surface area contributed by atoms with Gasteiger partial charge in [-0.3, -0.25) is 4.79 Å². The van der Waals surface area contributed by atoms with E-state index in [-0.39, 0.29) is 30.7 Å². The molecule has 4 rings (SSSR count). The van der Waals surface area contributed by atoms with E-state index >= 15 is 0 Å². The first kappa shape index (κ1) is 20.8. The number of nitrogens with one attached hydrogen (secondary N) is 2. The van der Waals surface area contributed by atoms with Gasteiger partial charge in [-0.1, -0.05) is 5.21 Å². The summed E-state index contributed by atoms with van der Waals surface area (Å²) in [6, 6.07) is 5.68. The molecule has 0 saturated carbocycles. The van der Waals surface area contributed by atoms with Gasteiger partial charge in [0.05, 0.1) is 24.1 Å². The second kappa shape index (κ2) is 9.45. The SMILES string of the molecule is Cl.Cl.O=C(Nc1ccc(-n2cccn2)nc1)c1cn(C2CCNCC2)nn1. The Morgan fingerprint density at radius 3 is 2.70 bits per heavy atom. The van der Waals surface area contributed by atoms with Crippen molar-refractivity contribution in [2.45, 2.75) is 18.9 Å². The van der Waals surface area contributed by atoms with Crippen molar-refractivity contribution in [3.63, 3.8) is 0 Å². The van der Waals surface area contributed by atoms with Gasteiger partial charge in [-0.2, -0.15) is 5.10 Å². The zero-order valence-electron chi connectivity index (χ0n) is 14.4. The molecule has 11 heteroatoms. The van der Waals surface area contributed by atoms with Crippen LogP contribution >= 0.6 is 24.8 Å². The number of hydrogen-bond acceptors (Lipinski definition) is 6. The van der Waals surface area contributed by atoms with Crippen LogP contribution < -0.4 is 10.6 Å². The van der Waals surface area contributed by atoms with E-state index in [0.717, 1.165) is 25.9 Å². The van der Waals surface area contributed by atoms with Crippen molar-refractivity contribution in [2.24, 2.45) is 0 Å². The summed E-state index contributed by atoms with van der Waals surface area (Å²) in [6.07, 6.45) is 8.76. The first-order valence-corrected chi connectivity index (χ1v) is 8.19. The van der Waals surface area contributed by atoms with E-state index in [4.69, 9.17) is 0 Å². The molecule has 144 valence electrons. The van der Waals surface area contributed by atoms with Crippen LogP contribution in [0.3, 0.4) is 0 Å². The number of anilines is 1. The summed E-state index contributed by atoms with van der Waals surface area (Å²) in [6.45, 7) is 1.92. The number of amides is 1. The van der Waals surface area contributed by atoms with Crippen molar-refractivity contribution in [3.05, 3.63) is 48.7 Å². The van der Waals surface area contributed by atoms with Gasteiger partial charge in [0.1, 0.15) is 0 Å². The van der Waals surface area contributed by atoms with Gasteiger partial charge in [0, 0.05) is 12.4 Å². The van der Waals surface area contributed by atoms with Crippen LogP contribution in [0.1, 0.15) is 29.4 Å². The molecule has 3 aromatic rings. The van der Waals surface area contributed by atoms with Crippen molar-refractivity contribution < 1.29 is 4.79 Å². The second-order valence-electron chi connectivity index (χ2n) is 5.87. The van der Waals surface area contributed by atoms with Gasteiger partial charge in [0.2, 0.25) is 0 Å². The van der Waals surface area contributed by atoms with E-state index in [1.54, 1.807) is 46.3 Å². The highest BCUT2D eigenvalue weighted by molar-refractivity contribution is 6.02. The first-order valence-electron chi connectivity index (χ1n) is 8.19. The number of piperidine rings is 1. The monoisotopic (exact) mass is 410 g/mol. The predicted molar refractivity (Wildman–Crippen MR) is 105 cm³/mol. The maximum Gasteiger partial charge on any atom is 0.277 e. The van der Waals surface area contributed by atoms with Gasteiger partial charge in [-0.15, -0.1) is 29.9 Å². The number of hydrogen-bond donors (Lipinski definition) is 2. The van der Waals surface area contributed by atoms with Crippen molar-refractivity contribution in [3.8, 4) is 5.82 Å². The summed E-state index contributed by atoms with van der Waals surface area (Å²) in [5.41, 5.74) is 0.895. The number of carbonyl (C=O) groups is 1. The topological polar surface area (TPSA) is 103 Å². The van der Waals surface area contributed by atoms with Crippen LogP contribution in [0.5, 0.6) is 0 Å². The molecule has 0 aromatic carbocycles. The van der Waals surface area contributed by atoms with Crippen LogP contribution in [0.4, 0.5) is 5.69 Å². The molecule has 1 amide bonds. The average Bonchev–Trinajstić information content (AvgIpc) is 3.35. The Hall–Kier alpha value is -2.49. The van der Waals surface area contributed by atoms with Crippen molar-refractivity contribution in [1.82, 2.24) is 35.1 Å². The largest absolute Gasteiger partial charge is 0.319 e. The second-order valence-corrected chi connectivity index (χ2v) is 5.87. The van der Waals surface area contributed by atoms with Gasteiger partial charge in [0.25, 0.3) is 5.91 Å². The highest BCUT2D eigenvalue weighted by Crippen LogP contribution is 2.17. The molecule has 0 atom stereocenters. The highest BCUT2D eigenvalue weighted by atomic mass is 35.5. The Balaban J connectivity index is 0.00000131. The van der Waals surface area contributed by atoms with Crippen molar-refractivity contribution in [1.29, 1.82) is 0 Å². The predicted octanol–water partition coefficient (Wildman–Crippen LogP) is 1.88. The Kier molecular flexibility index (Phi) is 7.28. The zero-order chi connectivity index (χ0) is 17.1. The maximum absolute atomic E-state index is 12.3. The maximum atomic E-state index is 12.3. The summed E-state index contributed by atoms with van der Waals surface area (Å²) >= 11 is 0. The Bertz CT molecular complexity index is 844. The summed E-state index contributed by atoms with van der Waals surface area (Å²) in [4.78, 5) is 16.6. The van der Waals surface area contributed by atoms with Gasteiger partial charge in [-0.05, 0) is 44.1 Å². The van der Waals surface area contributed by atoms with E-state index in [9.17, 15) is 4.79 Å². The van der Waals surface area contributed by atoms with Crippen LogP contribution in [0.25, 0.3) is 5.82 Å². The molecule has 4 heterocycles. The van der Waals surface area contributed by atoms with E-state index in [1.165, 1.54) is 0 Å². The molecule has 1 aliphatic rings. The molecule has 3 aromatic heterocycles. The lowest BCUT2D eigenvalue weighted by atomic mass is 10.1. The van der Waals surface area contributed by atoms with Gasteiger partial charge in [0.15, 0.2) is 11.5 Å². The fourth-order valence-corrected chi connectivity index (χ4v) is 2.83. The summed E-state index contributed by atoms with van der Waals surface area (Å²) in [5, 5.41) is 18.3. The van der Waals surface area contributed by atoms with E-state index in [2.05, 4.69) is 31.0 Å². The Morgan fingerprint density at radius 2 is 2.04 bits per heavy atom.